The molecule has 5 heteroatoms. The van der Waals surface area contributed by atoms with Crippen molar-refractivity contribution in [3.05, 3.63) is 29.9 Å². The van der Waals surface area contributed by atoms with Gasteiger partial charge >= 0.3 is 0 Å². The molecule has 2 aromatic heterocycles. The van der Waals surface area contributed by atoms with E-state index in [9.17, 15) is 0 Å². The second kappa shape index (κ2) is 3.84. The van der Waals surface area contributed by atoms with Gasteiger partial charge in [-0.05, 0) is 6.92 Å². The van der Waals surface area contributed by atoms with Crippen LogP contribution in [0.5, 0.6) is 0 Å². The molecule has 0 saturated carbocycles. The number of imidazole rings is 1. The second-order valence-electron chi connectivity index (χ2n) is 3.55. The molecule has 80 valence electrons. The molecule has 2 heterocycles. The monoisotopic (exact) mass is 205 g/mol. The second-order valence-corrected chi connectivity index (χ2v) is 3.55. The van der Waals surface area contributed by atoms with Crippen molar-refractivity contribution in [2.24, 2.45) is 7.05 Å². The Balaban J connectivity index is 2.25. The normalized spacial score (nSPS) is 10.9. The maximum atomic E-state index is 4.27. The minimum Gasteiger partial charge on any atom is -0.327 e. The van der Waals surface area contributed by atoms with Gasteiger partial charge in [-0.15, -0.1) is 10.2 Å². The molecule has 2 aromatic rings. The van der Waals surface area contributed by atoms with Crippen LogP contribution in [0.3, 0.4) is 0 Å². The molecule has 0 aliphatic carbocycles. The third kappa shape index (κ3) is 1.77. The Morgan fingerprint density at radius 2 is 2.07 bits per heavy atom. The molecule has 0 atom stereocenters. The van der Waals surface area contributed by atoms with Crippen LogP contribution in [0, 0.1) is 6.92 Å². The van der Waals surface area contributed by atoms with Gasteiger partial charge < -0.3 is 9.13 Å². The van der Waals surface area contributed by atoms with E-state index in [-0.39, 0.29) is 0 Å². The highest BCUT2D eigenvalue weighted by atomic mass is 15.3. The molecule has 0 amide bonds. The molecule has 0 unspecified atom stereocenters. The van der Waals surface area contributed by atoms with E-state index in [4.69, 9.17) is 0 Å². The molecule has 0 radical (unpaired) electrons. The summed E-state index contributed by atoms with van der Waals surface area (Å²) in [6.45, 7) is 4.78. The highest BCUT2D eigenvalue weighted by molar-refractivity contribution is 4.99. The molecule has 0 aliphatic rings. The van der Waals surface area contributed by atoms with E-state index in [0.29, 0.717) is 0 Å². The summed E-state index contributed by atoms with van der Waals surface area (Å²) < 4.78 is 4.10. The lowest BCUT2D eigenvalue weighted by atomic mass is 10.4. The van der Waals surface area contributed by atoms with Gasteiger partial charge in [-0.2, -0.15) is 0 Å². The average molecular weight is 205 g/mol. The van der Waals surface area contributed by atoms with Gasteiger partial charge in [0.15, 0.2) is 5.82 Å². The summed E-state index contributed by atoms with van der Waals surface area (Å²) in [5.41, 5.74) is 0. The van der Waals surface area contributed by atoms with Crippen LogP contribution in [0.1, 0.15) is 24.4 Å². The Hall–Kier alpha value is -1.65. The van der Waals surface area contributed by atoms with Crippen molar-refractivity contribution < 1.29 is 0 Å². The van der Waals surface area contributed by atoms with Gasteiger partial charge in [-0.3, -0.25) is 0 Å². The first kappa shape index (κ1) is 9.89. The topological polar surface area (TPSA) is 48.5 Å². The first-order chi connectivity index (χ1) is 7.22. The maximum Gasteiger partial charge on any atom is 0.152 e. The minimum atomic E-state index is 0.737. The number of hydrogen-bond donors (Lipinski definition) is 0. The van der Waals surface area contributed by atoms with Crippen molar-refractivity contribution >= 4 is 0 Å². The predicted octanol–water partition coefficient (Wildman–Crippen LogP) is 0.931. The zero-order chi connectivity index (χ0) is 10.8. The van der Waals surface area contributed by atoms with Crippen LogP contribution < -0.4 is 0 Å². The van der Waals surface area contributed by atoms with Gasteiger partial charge in [-0.25, -0.2) is 4.98 Å². The zero-order valence-electron chi connectivity index (χ0n) is 9.30. The number of nitrogens with zero attached hydrogens (tertiary/aromatic N) is 5. The van der Waals surface area contributed by atoms with Crippen LogP contribution >= 0.6 is 0 Å². The summed E-state index contributed by atoms with van der Waals surface area (Å²) in [5.74, 6) is 2.97. The number of aryl methyl sites for hydroxylation is 2. The lowest BCUT2D eigenvalue weighted by Gasteiger charge is -2.05. The lowest BCUT2D eigenvalue weighted by Crippen LogP contribution is -2.08. The van der Waals surface area contributed by atoms with Crippen molar-refractivity contribution in [1.82, 2.24) is 24.3 Å². The van der Waals surface area contributed by atoms with E-state index in [1.165, 1.54) is 0 Å². The minimum absolute atomic E-state index is 0.737. The molecule has 0 fully saturated rings. The van der Waals surface area contributed by atoms with Crippen molar-refractivity contribution in [2.45, 2.75) is 26.8 Å². The maximum absolute atomic E-state index is 4.27. The molecule has 2 rings (SSSR count). The first-order valence-corrected chi connectivity index (χ1v) is 5.07. The van der Waals surface area contributed by atoms with Gasteiger partial charge in [0, 0.05) is 25.9 Å². The molecule has 5 nitrogen and oxygen atoms in total. The lowest BCUT2D eigenvalue weighted by molar-refractivity contribution is 0.661. The van der Waals surface area contributed by atoms with Crippen LogP contribution in [-0.2, 0) is 20.0 Å². The molecular weight excluding hydrogens is 190 g/mol. The van der Waals surface area contributed by atoms with E-state index in [2.05, 4.69) is 26.7 Å². The quantitative estimate of drug-likeness (QED) is 0.749. The summed E-state index contributed by atoms with van der Waals surface area (Å²) in [4.78, 5) is 4.27. The summed E-state index contributed by atoms with van der Waals surface area (Å²) >= 11 is 0. The van der Waals surface area contributed by atoms with Crippen molar-refractivity contribution in [2.75, 3.05) is 0 Å². The van der Waals surface area contributed by atoms with E-state index in [1.54, 1.807) is 0 Å². The van der Waals surface area contributed by atoms with E-state index >= 15 is 0 Å². The molecule has 15 heavy (non-hydrogen) atoms. The highest BCUT2D eigenvalue weighted by Gasteiger charge is 2.07. The molecule has 0 saturated heterocycles. The Labute approximate surface area is 88.8 Å². The zero-order valence-corrected chi connectivity index (χ0v) is 9.30. The van der Waals surface area contributed by atoms with Crippen molar-refractivity contribution in [3.8, 4) is 0 Å². The summed E-state index contributed by atoms with van der Waals surface area (Å²) in [6.07, 6.45) is 4.73. The fourth-order valence-electron chi connectivity index (χ4n) is 1.54. The van der Waals surface area contributed by atoms with E-state index in [0.717, 1.165) is 30.4 Å². The Morgan fingerprint density at radius 3 is 2.67 bits per heavy atom. The third-order valence-electron chi connectivity index (χ3n) is 2.61. The van der Waals surface area contributed by atoms with Crippen molar-refractivity contribution in [3.63, 3.8) is 0 Å². The molecular formula is C10H15N5. The van der Waals surface area contributed by atoms with Crippen LogP contribution in [0.2, 0.25) is 0 Å². The molecule has 0 N–H and O–H groups in total. The molecule has 0 aliphatic heterocycles. The fraction of sp³-hybridized carbons (Fsp3) is 0.500. The van der Waals surface area contributed by atoms with Gasteiger partial charge in [0.05, 0.1) is 6.54 Å². The van der Waals surface area contributed by atoms with Crippen LogP contribution in [0.25, 0.3) is 0 Å². The summed E-state index contributed by atoms with van der Waals surface area (Å²) in [5, 5.41) is 8.16. The largest absolute Gasteiger partial charge is 0.327 e. The van der Waals surface area contributed by atoms with Gasteiger partial charge in [-0.1, -0.05) is 6.92 Å². The van der Waals surface area contributed by atoms with Gasteiger partial charge in [0.2, 0.25) is 0 Å². The SMILES string of the molecule is CCc1nccn1Cc1nnc(C)n1C. The summed E-state index contributed by atoms with van der Waals surface area (Å²) in [6, 6.07) is 0. The Morgan fingerprint density at radius 1 is 1.27 bits per heavy atom. The highest BCUT2D eigenvalue weighted by Crippen LogP contribution is 2.04. The third-order valence-corrected chi connectivity index (χ3v) is 2.61. The standard InChI is InChI=1S/C10H15N5/c1-4-9-11-5-6-15(9)7-10-13-12-8(2)14(10)3/h5-6H,4,7H2,1-3H3. The molecule has 0 bridgehead atoms. The van der Waals surface area contributed by atoms with Crippen molar-refractivity contribution in [1.29, 1.82) is 0 Å². The Bertz CT molecular complexity index is 454. The number of aromatic nitrogens is 5. The van der Waals surface area contributed by atoms with E-state index in [1.807, 2.05) is 30.9 Å². The smallest absolute Gasteiger partial charge is 0.152 e. The fourth-order valence-corrected chi connectivity index (χ4v) is 1.54. The van der Waals surface area contributed by atoms with Crippen LogP contribution in [0.4, 0.5) is 0 Å². The van der Waals surface area contributed by atoms with Gasteiger partial charge in [0.1, 0.15) is 11.6 Å². The predicted molar refractivity (Wildman–Crippen MR) is 56.4 cm³/mol. The summed E-state index contributed by atoms with van der Waals surface area (Å²) in [7, 11) is 1.98. The molecule has 0 spiro atoms. The number of hydrogen-bond acceptors (Lipinski definition) is 3. The number of rotatable bonds is 3. The van der Waals surface area contributed by atoms with Gasteiger partial charge in [0.25, 0.3) is 0 Å². The molecule has 0 aromatic carbocycles. The van der Waals surface area contributed by atoms with Crippen LogP contribution in [-0.4, -0.2) is 24.3 Å². The Kier molecular flexibility index (Phi) is 2.53. The average Bonchev–Trinajstić information content (AvgIpc) is 2.80. The van der Waals surface area contributed by atoms with E-state index < -0.39 is 0 Å². The first-order valence-electron chi connectivity index (χ1n) is 5.07. The van der Waals surface area contributed by atoms with Crippen LogP contribution in [0.15, 0.2) is 12.4 Å².